The van der Waals surface area contributed by atoms with Crippen LogP contribution in [0.25, 0.3) is 0 Å². The Morgan fingerprint density at radius 3 is 3.00 bits per heavy atom. The Morgan fingerprint density at radius 2 is 2.35 bits per heavy atom. The molecule has 112 valence electrons. The molecule has 2 atom stereocenters. The molecule has 1 aliphatic rings. The number of H-pyrrole nitrogens is 1. The summed E-state index contributed by atoms with van der Waals surface area (Å²) < 4.78 is 10.4. The number of rotatable bonds is 4. The van der Waals surface area contributed by atoms with Crippen molar-refractivity contribution in [1.29, 1.82) is 0 Å². The highest BCUT2D eigenvalue weighted by Gasteiger charge is 2.28. The molecule has 6 heteroatoms. The molecule has 0 spiro atoms. The first kappa shape index (κ1) is 14.9. The number of hydrogen-bond acceptors (Lipinski definition) is 5. The number of nitrogens with one attached hydrogen (secondary N) is 1. The molecular formula is C14H23N3O3. The van der Waals surface area contributed by atoms with Crippen molar-refractivity contribution in [1.82, 2.24) is 4.98 Å². The Labute approximate surface area is 119 Å². The number of aromatic nitrogens is 1. The number of nitrogens with two attached hydrogens (primary N) is 1. The van der Waals surface area contributed by atoms with Crippen molar-refractivity contribution in [3.05, 3.63) is 17.3 Å². The zero-order valence-electron chi connectivity index (χ0n) is 12.3. The molecule has 1 aliphatic heterocycles. The van der Waals surface area contributed by atoms with Gasteiger partial charge in [0.15, 0.2) is 0 Å². The van der Waals surface area contributed by atoms with Crippen LogP contribution in [-0.2, 0) is 9.47 Å². The Morgan fingerprint density at radius 1 is 1.60 bits per heavy atom. The predicted molar refractivity (Wildman–Crippen MR) is 77.1 cm³/mol. The van der Waals surface area contributed by atoms with E-state index in [-0.39, 0.29) is 18.1 Å². The molecule has 0 amide bonds. The number of anilines is 1. The van der Waals surface area contributed by atoms with Gasteiger partial charge in [0.05, 0.1) is 12.7 Å². The van der Waals surface area contributed by atoms with Gasteiger partial charge in [0.1, 0.15) is 11.5 Å². The zero-order valence-corrected chi connectivity index (χ0v) is 12.3. The summed E-state index contributed by atoms with van der Waals surface area (Å²) >= 11 is 0. The van der Waals surface area contributed by atoms with E-state index in [1.54, 1.807) is 14.0 Å². The summed E-state index contributed by atoms with van der Waals surface area (Å²) in [6.45, 7) is 5.64. The molecule has 1 fully saturated rings. The molecule has 1 saturated heterocycles. The van der Waals surface area contributed by atoms with Crippen molar-refractivity contribution in [2.24, 2.45) is 5.73 Å². The quantitative estimate of drug-likeness (QED) is 0.806. The van der Waals surface area contributed by atoms with Crippen LogP contribution in [0.4, 0.5) is 5.82 Å². The summed E-state index contributed by atoms with van der Waals surface area (Å²) in [6, 6.07) is 2.03. The number of esters is 1. The van der Waals surface area contributed by atoms with E-state index in [0.29, 0.717) is 12.3 Å². The molecule has 2 unspecified atom stereocenters. The lowest BCUT2D eigenvalue weighted by Gasteiger charge is -2.36. The van der Waals surface area contributed by atoms with Crippen LogP contribution >= 0.6 is 0 Å². The highest BCUT2D eigenvalue weighted by Crippen LogP contribution is 2.23. The molecule has 3 N–H and O–H groups in total. The molecular weight excluding hydrogens is 258 g/mol. The standard InChI is InChI=1S/C14H23N3O3/c1-4-20-14(18)13-9(2)7-12(16-13)17-6-5-10(15)11(8-17)19-3/h7,10-11,16H,4-6,8,15H2,1-3H3. The predicted octanol–water partition coefficient (Wildman–Crippen LogP) is 1.05. The number of carbonyl (C=O) groups is 1. The Hall–Kier alpha value is -1.53. The summed E-state index contributed by atoms with van der Waals surface area (Å²) in [4.78, 5) is 17.1. The van der Waals surface area contributed by atoms with E-state index in [1.165, 1.54) is 0 Å². The molecule has 2 heterocycles. The van der Waals surface area contributed by atoms with Crippen molar-refractivity contribution < 1.29 is 14.3 Å². The summed E-state index contributed by atoms with van der Waals surface area (Å²) in [5.41, 5.74) is 7.43. The molecule has 20 heavy (non-hydrogen) atoms. The van der Waals surface area contributed by atoms with Gasteiger partial charge in [0.25, 0.3) is 0 Å². The maximum atomic E-state index is 11.8. The number of hydrogen-bond donors (Lipinski definition) is 2. The molecule has 0 bridgehead atoms. The van der Waals surface area contributed by atoms with E-state index in [1.807, 2.05) is 13.0 Å². The SMILES string of the molecule is CCOC(=O)c1[nH]c(N2CCC(N)C(OC)C2)cc1C. The minimum atomic E-state index is -0.312. The van der Waals surface area contributed by atoms with Gasteiger partial charge >= 0.3 is 5.97 Å². The van der Waals surface area contributed by atoms with Gasteiger partial charge in [-0.3, -0.25) is 0 Å². The summed E-state index contributed by atoms with van der Waals surface area (Å²) in [5.74, 6) is 0.604. The lowest BCUT2D eigenvalue weighted by atomic mass is 10.0. The van der Waals surface area contributed by atoms with Crippen LogP contribution in [0.2, 0.25) is 0 Å². The van der Waals surface area contributed by atoms with Crippen LogP contribution in [-0.4, -0.2) is 49.9 Å². The van der Waals surface area contributed by atoms with Crippen LogP contribution in [0.3, 0.4) is 0 Å². The van der Waals surface area contributed by atoms with Crippen LogP contribution in [0, 0.1) is 6.92 Å². The van der Waals surface area contributed by atoms with E-state index < -0.39 is 0 Å². The third-order valence-electron chi connectivity index (χ3n) is 3.73. The Balaban J connectivity index is 2.13. The second-order valence-corrected chi connectivity index (χ2v) is 5.11. The highest BCUT2D eigenvalue weighted by atomic mass is 16.5. The van der Waals surface area contributed by atoms with Crippen molar-refractivity contribution in [3.8, 4) is 0 Å². The maximum Gasteiger partial charge on any atom is 0.355 e. The van der Waals surface area contributed by atoms with Gasteiger partial charge in [0.2, 0.25) is 0 Å². The van der Waals surface area contributed by atoms with Gasteiger partial charge in [0, 0.05) is 26.2 Å². The summed E-state index contributed by atoms with van der Waals surface area (Å²) in [6.07, 6.45) is 0.879. The first-order valence-corrected chi connectivity index (χ1v) is 6.96. The smallest absolute Gasteiger partial charge is 0.355 e. The van der Waals surface area contributed by atoms with Crippen molar-refractivity contribution >= 4 is 11.8 Å². The second-order valence-electron chi connectivity index (χ2n) is 5.11. The average molecular weight is 281 g/mol. The molecule has 0 aliphatic carbocycles. The fraction of sp³-hybridized carbons (Fsp3) is 0.643. The highest BCUT2D eigenvalue weighted by molar-refractivity contribution is 5.90. The molecule has 1 aromatic heterocycles. The fourth-order valence-corrected chi connectivity index (χ4v) is 2.53. The lowest BCUT2D eigenvalue weighted by molar-refractivity contribution is 0.0519. The molecule has 0 aromatic carbocycles. The van der Waals surface area contributed by atoms with Crippen LogP contribution in [0.1, 0.15) is 29.4 Å². The van der Waals surface area contributed by atoms with Gasteiger partial charge in [-0.05, 0) is 31.9 Å². The van der Waals surface area contributed by atoms with Crippen molar-refractivity contribution in [2.45, 2.75) is 32.4 Å². The van der Waals surface area contributed by atoms with Gasteiger partial charge in [-0.1, -0.05) is 0 Å². The minimum absolute atomic E-state index is 0.0124. The third-order valence-corrected chi connectivity index (χ3v) is 3.73. The fourth-order valence-electron chi connectivity index (χ4n) is 2.53. The molecule has 0 saturated carbocycles. The first-order chi connectivity index (χ1) is 9.56. The third kappa shape index (κ3) is 2.96. The van der Waals surface area contributed by atoms with Crippen LogP contribution in [0.5, 0.6) is 0 Å². The Kier molecular flexibility index (Phi) is 4.67. The van der Waals surface area contributed by atoms with Gasteiger partial charge < -0.3 is 25.1 Å². The molecule has 2 rings (SSSR count). The van der Waals surface area contributed by atoms with Crippen molar-refractivity contribution in [2.75, 3.05) is 31.7 Å². The zero-order chi connectivity index (χ0) is 14.7. The van der Waals surface area contributed by atoms with E-state index >= 15 is 0 Å². The summed E-state index contributed by atoms with van der Waals surface area (Å²) in [5, 5.41) is 0. The Bertz CT molecular complexity index is 472. The van der Waals surface area contributed by atoms with Crippen molar-refractivity contribution in [3.63, 3.8) is 0 Å². The topological polar surface area (TPSA) is 80.6 Å². The van der Waals surface area contributed by atoms with Gasteiger partial charge in [-0.15, -0.1) is 0 Å². The maximum absolute atomic E-state index is 11.8. The number of aryl methyl sites for hydroxylation is 1. The normalized spacial score (nSPS) is 22.9. The van der Waals surface area contributed by atoms with E-state index in [2.05, 4.69) is 9.88 Å². The molecule has 1 aromatic rings. The molecule has 0 radical (unpaired) electrons. The second kappa shape index (κ2) is 6.28. The lowest BCUT2D eigenvalue weighted by Crippen LogP contribution is -2.51. The van der Waals surface area contributed by atoms with E-state index in [4.69, 9.17) is 15.2 Å². The van der Waals surface area contributed by atoms with Crippen LogP contribution < -0.4 is 10.6 Å². The average Bonchev–Trinajstić information content (AvgIpc) is 2.82. The minimum Gasteiger partial charge on any atom is -0.461 e. The van der Waals surface area contributed by atoms with E-state index in [0.717, 1.165) is 30.9 Å². The number of nitrogens with zero attached hydrogens (tertiary/aromatic N) is 1. The van der Waals surface area contributed by atoms with Crippen LogP contribution in [0.15, 0.2) is 6.07 Å². The van der Waals surface area contributed by atoms with E-state index in [9.17, 15) is 4.79 Å². The summed E-state index contributed by atoms with van der Waals surface area (Å²) in [7, 11) is 1.68. The van der Waals surface area contributed by atoms with Gasteiger partial charge in [-0.25, -0.2) is 4.79 Å². The van der Waals surface area contributed by atoms with Gasteiger partial charge in [-0.2, -0.15) is 0 Å². The number of carbonyl (C=O) groups excluding carboxylic acids is 1. The number of ether oxygens (including phenoxy) is 2. The number of piperidine rings is 1. The number of methoxy groups -OCH3 is 1. The largest absolute Gasteiger partial charge is 0.461 e. The monoisotopic (exact) mass is 281 g/mol. The first-order valence-electron chi connectivity index (χ1n) is 6.96. The molecule has 6 nitrogen and oxygen atoms in total. The number of aromatic amines is 1.